The van der Waals surface area contributed by atoms with E-state index in [0.29, 0.717) is 35.6 Å². The van der Waals surface area contributed by atoms with Gasteiger partial charge in [-0.3, -0.25) is 4.79 Å². The van der Waals surface area contributed by atoms with E-state index in [1.807, 2.05) is 55.5 Å². The van der Waals surface area contributed by atoms with Crippen LogP contribution in [0.1, 0.15) is 61.9 Å². The molecule has 1 fully saturated rings. The van der Waals surface area contributed by atoms with Crippen LogP contribution in [0.25, 0.3) is 10.9 Å². The summed E-state index contributed by atoms with van der Waals surface area (Å²) in [6.45, 7) is 2.79. The van der Waals surface area contributed by atoms with Gasteiger partial charge in [0.25, 0.3) is 5.56 Å². The summed E-state index contributed by atoms with van der Waals surface area (Å²) in [5.41, 5.74) is 2.35. The Balaban J connectivity index is 1.49. The average Bonchev–Trinajstić information content (AvgIpc) is 2.94. The molecule has 1 heterocycles. The van der Waals surface area contributed by atoms with Crippen molar-refractivity contribution in [1.29, 1.82) is 0 Å². The van der Waals surface area contributed by atoms with E-state index < -0.39 is 0 Å². The SMILES string of the molecule is CCOc1cc(C=Nn2c(C3CCCCC3)nc3ccccc3c2=O)c(Br)cc1OCc1ccc(Br)cc1Br. The van der Waals surface area contributed by atoms with Crippen LogP contribution >= 0.6 is 47.8 Å². The molecule has 9 heteroatoms. The van der Waals surface area contributed by atoms with E-state index in [-0.39, 0.29) is 11.5 Å². The van der Waals surface area contributed by atoms with Crippen molar-refractivity contribution in [3.63, 3.8) is 0 Å². The first-order valence-electron chi connectivity index (χ1n) is 13.0. The van der Waals surface area contributed by atoms with E-state index in [2.05, 4.69) is 52.9 Å². The smallest absolute Gasteiger partial charge is 0.282 e. The van der Waals surface area contributed by atoms with Crippen molar-refractivity contribution in [2.75, 3.05) is 6.61 Å². The van der Waals surface area contributed by atoms with Gasteiger partial charge in [-0.1, -0.05) is 69.3 Å². The number of aromatic nitrogens is 2. The summed E-state index contributed by atoms with van der Waals surface area (Å²) in [6.07, 6.45) is 7.21. The molecule has 4 aromatic rings. The summed E-state index contributed by atoms with van der Waals surface area (Å²) in [7, 11) is 0. The number of para-hydroxylation sites is 1. The maximum absolute atomic E-state index is 13.5. The van der Waals surface area contributed by atoms with Crippen LogP contribution in [-0.4, -0.2) is 22.5 Å². The van der Waals surface area contributed by atoms with Gasteiger partial charge >= 0.3 is 0 Å². The molecule has 0 spiro atoms. The summed E-state index contributed by atoms with van der Waals surface area (Å²) >= 11 is 10.7. The Morgan fingerprint density at radius 1 is 0.974 bits per heavy atom. The van der Waals surface area contributed by atoms with Gasteiger partial charge in [-0.05, 0) is 72.1 Å². The Bertz CT molecular complexity index is 1580. The van der Waals surface area contributed by atoms with E-state index >= 15 is 0 Å². The van der Waals surface area contributed by atoms with Gasteiger partial charge in [-0.15, -0.1) is 0 Å². The van der Waals surface area contributed by atoms with Crippen molar-refractivity contribution in [2.45, 2.75) is 51.6 Å². The van der Waals surface area contributed by atoms with Gasteiger partial charge in [-0.2, -0.15) is 9.78 Å². The van der Waals surface area contributed by atoms with Crippen LogP contribution in [0.5, 0.6) is 11.5 Å². The molecule has 1 saturated carbocycles. The van der Waals surface area contributed by atoms with Crippen LogP contribution in [0, 0.1) is 0 Å². The largest absolute Gasteiger partial charge is 0.490 e. The number of hydrogen-bond donors (Lipinski definition) is 0. The van der Waals surface area contributed by atoms with Crippen molar-refractivity contribution in [3.8, 4) is 11.5 Å². The molecule has 39 heavy (non-hydrogen) atoms. The lowest BCUT2D eigenvalue weighted by atomic mass is 9.88. The van der Waals surface area contributed by atoms with E-state index in [1.165, 1.54) is 11.1 Å². The van der Waals surface area contributed by atoms with Crippen molar-refractivity contribution in [2.24, 2.45) is 5.10 Å². The summed E-state index contributed by atoms with van der Waals surface area (Å²) in [6, 6.07) is 17.2. The molecule has 6 nitrogen and oxygen atoms in total. The molecule has 0 radical (unpaired) electrons. The molecule has 3 aromatic carbocycles. The Morgan fingerprint density at radius 2 is 1.74 bits per heavy atom. The lowest BCUT2D eigenvalue weighted by molar-refractivity contribution is 0.268. The molecule has 0 aliphatic heterocycles. The third-order valence-electron chi connectivity index (χ3n) is 6.82. The predicted octanol–water partition coefficient (Wildman–Crippen LogP) is 8.59. The predicted molar refractivity (Wildman–Crippen MR) is 166 cm³/mol. The molecule has 0 amide bonds. The molecule has 0 unspecified atom stereocenters. The molecular formula is C30H28Br3N3O3. The van der Waals surface area contributed by atoms with E-state index in [9.17, 15) is 4.79 Å². The summed E-state index contributed by atoms with van der Waals surface area (Å²) in [5.74, 6) is 2.16. The molecule has 1 aromatic heterocycles. The summed E-state index contributed by atoms with van der Waals surface area (Å²) in [4.78, 5) is 18.4. The van der Waals surface area contributed by atoms with E-state index in [1.54, 1.807) is 12.3 Å². The number of ether oxygens (including phenoxy) is 2. The van der Waals surface area contributed by atoms with Gasteiger partial charge < -0.3 is 9.47 Å². The molecule has 5 rings (SSSR count). The Labute approximate surface area is 252 Å². The van der Waals surface area contributed by atoms with Gasteiger partial charge in [-0.25, -0.2) is 4.98 Å². The fourth-order valence-electron chi connectivity index (χ4n) is 4.82. The van der Waals surface area contributed by atoms with Crippen LogP contribution in [0.4, 0.5) is 0 Å². The first kappa shape index (κ1) is 28.1. The molecule has 1 aliphatic rings. The number of nitrogens with zero attached hydrogens (tertiary/aromatic N) is 3. The van der Waals surface area contributed by atoms with E-state index in [4.69, 9.17) is 14.5 Å². The van der Waals surface area contributed by atoms with Gasteiger partial charge in [0.1, 0.15) is 12.4 Å². The molecule has 1 aliphatic carbocycles. The molecule has 202 valence electrons. The summed E-state index contributed by atoms with van der Waals surface area (Å²) in [5, 5.41) is 5.25. The van der Waals surface area contributed by atoms with Gasteiger partial charge in [0.2, 0.25) is 0 Å². The lowest BCUT2D eigenvalue weighted by Crippen LogP contribution is -2.25. The number of hydrogen-bond acceptors (Lipinski definition) is 5. The van der Waals surface area contributed by atoms with E-state index in [0.717, 1.165) is 56.1 Å². The number of rotatable bonds is 8. The third kappa shape index (κ3) is 6.47. The monoisotopic (exact) mass is 715 g/mol. The first-order chi connectivity index (χ1) is 18.9. The third-order valence-corrected chi connectivity index (χ3v) is 8.74. The highest BCUT2D eigenvalue weighted by molar-refractivity contribution is 9.11. The second-order valence-corrected chi connectivity index (χ2v) is 12.1. The van der Waals surface area contributed by atoms with Crippen molar-refractivity contribution in [1.82, 2.24) is 9.66 Å². The highest BCUT2D eigenvalue weighted by atomic mass is 79.9. The highest BCUT2D eigenvalue weighted by Crippen LogP contribution is 2.35. The van der Waals surface area contributed by atoms with Gasteiger partial charge in [0, 0.05) is 30.5 Å². The maximum atomic E-state index is 13.5. The van der Waals surface area contributed by atoms with Crippen molar-refractivity contribution >= 4 is 64.9 Å². The normalized spacial score (nSPS) is 14.3. The van der Waals surface area contributed by atoms with Crippen molar-refractivity contribution in [3.05, 3.63) is 95.3 Å². The standard InChI is InChI=1S/C30H28Br3N3O3/c1-2-38-27-14-21(25(33)16-28(27)39-18-20-12-13-22(31)15-24(20)32)17-34-36-29(19-8-4-3-5-9-19)35-26-11-7-6-10-23(26)30(36)37/h6-7,10-17,19H,2-5,8-9,18H2,1H3. The van der Waals surface area contributed by atoms with Crippen molar-refractivity contribution < 1.29 is 9.47 Å². The number of benzene rings is 3. The van der Waals surface area contributed by atoms with Gasteiger partial charge in [0.05, 0.1) is 23.7 Å². The minimum atomic E-state index is -0.154. The zero-order chi connectivity index (χ0) is 27.4. The Morgan fingerprint density at radius 3 is 2.51 bits per heavy atom. The fourth-order valence-corrected chi connectivity index (χ4v) is 6.41. The zero-order valence-corrected chi connectivity index (χ0v) is 26.3. The molecule has 0 saturated heterocycles. The summed E-state index contributed by atoms with van der Waals surface area (Å²) < 4.78 is 16.3. The minimum absolute atomic E-state index is 0.154. The maximum Gasteiger partial charge on any atom is 0.282 e. The van der Waals surface area contributed by atoms with Crippen LogP contribution in [-0.2, 0) is 6.61 Å². The minimum Gasteiger partial charge on any atom is -0.490 e. The molecular weight excluding hydrogens is 690 g/mol. The molecule has 0 N–H and O–H groups in total. The Hall–Kier alpha value is -2.49. The quantitative estimate of drug-likeness (QED) is 0.171. The lowest BCUT2D eigenvalue weighted by Gasteiger charge is -2.22. The highest BCUT2D eigenvalue weighted by Gasteiger charge is 2.22. The second-order valence-electron chi connectivity index (χ2n) is 9.46. The van der Waals surface area contributed by atoms with Crippen LogP contribution in [0.15, 0.2) is 77.9 Å². The molecule has 0 bridgehead atoms. The first-order valence-corrected chi connectivity index (χ1v) is 15.4. The Kier molecular flexibility index (Phi) is 9.20. The fraction of sp³-hybridized carbons (Fsp3) is 0.300. The van der Waals surface area contributed by atoms with Crippen LogP contribution < -0.4 is 15.0 Å². The van der Waals surface area contributed by atoms with Gasteiger partial charge in [0.15, 0.2) is 11.5 Å². The molecule has 0 atom stereocenters. The van der Waals surface area contributed by atoms with Crippen LogP contribution in [0.3, 0.4) is 0 Å². The topological polar surface area (TPSA) is 65.7 Å². The average molecular weight is 718 g/mol. The van der Waals surface area contributed by atoms with Crippen LogP contribution in [0.2, 0.25) is 0 Å². The zero-order valence-electron chi connectivity index (χ0n) is 21.5. The number of fused-ring (bicyclic) bond motifs is 1. The number of halogens is 3. The second kappa shape index (κ2) is 12.8.